The molecule has 17 nitrogen and oxygen atoms in total. The van der Waals surface area contributed by atoms with Crippen molar-refractivity contribution in [2.75, 3.05) is 39.6 Å². The van der Waals surface area contributed by atoms with Crippen LogP contribution in [0.15, 0.2) is 0 Å². The molecule has 0 spiro atoms. The van der Waals surface area contributed by atoms with Crippen molar-refractivity contribution in [1.29, 1.82) is 0 Å². The molecule has 0 saturated carbocycles. The molecule has 636 valence electrons. The Labute approximate surface area is 658 Å². The minimum Gasteiger partial charge on any atom is -0.462 e. The topological polar surface area (TPSA) is 237 Å². The van der Waals surface area contributed by atoms with E-state index in [1.807, 2.05) is 0 Å². The molecule has 0 aliphatic rings. The molecular formula is C88H172O17P2. The van der Waals surface area contributed by atoms with E-state index in [1.54, 1.807) is 0 Å². The molecule has 0 aromatic carbocycles. The predicted molar refractivity (Wildman–Crippen MR) is 442 cm³/mol. The lowest BCUT2D eigenvalue weighted by Gasteiger charge is -2.21. The molecule has 0 radical (unpaired) electrons. The average molecular weight is 1560 g/mol. The molecule has 0 bridgehead atoms. The minimum absolute atomic E-state index is 0.109. The summed E-state index contributed by atoms with van der Waals surface area (Å²) in [6, 6.07) is 0. The van der Waals surface area contributed by atoms with Crippen LogP contribution in [0.5, 0.6) is 0 Å². The van der Waals surface area contributed by atoms with Gasteiger partial charge in [-0.2, -0.15) is 0 Å². The second-order valence-corrected chi connectivity index (χ2v) is 35.0. The zero-order valence-electron chi connectivity index (χ0n) is 70.3. The van der Waals surface area contributed by atoms with Gasteiger partial charge in [-0.15, -0.1) is 0 Å². The second-order valence-electron chi connectivity index (χ2n) is 32.1. The summed E-state index contributed by atoms with van der Waals surface area (Å²) >= 11 is 0. The van der Waals surface area contributed by atoms with Crippen molar-refractivity contribution in [1.82, 2.24) is 0 Å². The maximum atomic E-state index is 13.2. The quantitative estimate of drug-likeness (QED) is 0.0222. The maximum Gasteiger partial charge on any atom is 0.472 e. The molecule has 0 amide bonds. The van der Waals surface area contributed by atoms with E-state index in [9.17, 15) is 43.2 Å². The number of rotatable bonds is 88. The molecule has 0 saturated heterocycles. The zero-order valence-corrected chi connectivity index (χ0v) is 72.1. The molecule has 107 heavy (non-hydrogen) atoms. The standard InChI is InChI=1S/C88H172O17P2/c1-6-9-12-15-18-21-24-27-30-33-35-37-39-42-45-48-53-59-64-69-74-87(92)104-83(77-98-85(90)71-66-61-56-51-46-43-41-38-36-34-31-28-25-22-19-16-13-10-7-2)79-102-106(94,95)100-75-82(89)76-101-107(96,97)103-80-84(78-99-86(91)72-67-62-57-54-49-50-55-60-65-70-81(4)5)105-88(93)73-68-63-58-52-47-44-40-32-29-26-23-20-17-14-11-8-3/h81-84,89H,6-80H2,1-5H3,(H,94,95)(H,96,97)/t82-,83-,84-/m1/s1. The summed E-state index contributed by atoms with van der Waals surface area (Å²) in [6.45, 7) is 7.36. The van der Waals surface area contributed by atoms with Crippen molar-refractivity contribution in [3.8, 4) is 0 Å². The van der Waals surface area contributed by atoms with Gasteiger partial charge in [0.25, 0.3) is 0 Å². The van der Waals surface area contributed by atoms with Gasteiger partial charge in [0.2, 0.25) is 0 Å². The lowest BCUT2D eigenvalue weighted by molar-refractivity contribution is -0.161. The van der Waals surface area contributed by atoms with Gasteiger partial charge in [0.15, 0.2) is 12.2 Å². The maximum absolute atomic E-state index is 13.2. The Morgan fingerprint density at radius 2 is 0.430 bits per heavy atom. The summed E-state index contributed by atoms with van der Waals surface area (Å²) in [7, 11) is -9.93. The van der Waals surface area contributed by atoms with Gasteiger partial charge in [-0.3, -0.25) is 37.3 Å². The number of phosphoric ester groups is 2. The van der Waals surface area contributed by atoms with Crippen molar-refractivity contribution >= 4 is 39.5 Å². The number of phosphoric acid groups is 2. The van der Waals surface area contributed by atoms with E-state index in [0.717, 1.165) is 95.8 Å². The monoisotopic (exact) mass is 1560 g/mol. The molecule has 0 aromatic heterocycles. The number of ether oxygens (including phenoxy) is 4. The lowest BCUT2D eigenvalue weighted by atomic mass is 10.0. The first-order valence-electron chi connectivity index (χ1n) is 45.6. The molecule has 0 aliphatic heterocycles. The average Bonchev–Trinajstić information content (AvgIpc) is 0.903. The fourth-order valence-corrected chi connectivity index (χ4v) is 15.4. The van der Waals surface area contributed by atoms with Crippen LogP contribution in [-0.4, -0.2) is 96.7 Å². The first-order valence-corrected chi connectivity index (χ1v) is 48.6. The van der Waals surface area contributed by atoms with Crippen LogP contribution in [0.2, 0.25) is 0 Å². The summed E-state index contributed by atoms with van der Waals surface area (Å²) < 4.78 is 69.0. The highest BCUT2D eigenvalue weighted by atomic mass is 31.2. The highest BCUT2D eigenvalue weighted by Gasteiger charge is 2.30. The molecule has 0 rings (SSSR count). The van der Waals surface area contributed by atoms with Crippen LogP contribution in [0.25, 0.3) is 0 Å². The van der Waals surface area contributed by atoms with E-state index in [-0.39, 0.29) is 25.7 Å². The van der Waals surface area contributed by atoms with Crippen LogP contribution in [0, 0.1) is 5.92 Å². The Balaban J connectivity index is 5.25. The Hall–Kier alpha value is -1.94. The van der Waals surface area contributed by atoms with E-state index >= 15 is 0 Å². The highest BCUT2D eigenvalue weighted by Crippen LogP contribution is 2.45. The number of hydrogen-bond acceptors (Lipinski definition) is 15. The number of aliphatic hydroxyl groups excluding tert-OH is 1. The second kappa shape index (κ2) is 80.7. The van der Waals surface area contributed by atoms with Crippen LogP contribution >= 0.6 is 15.6 Å². The van der Waals surface area contributed by atoms with Gasteiger partial charge in [-0.25, -0.2) is 9.13 Å². The van der Waals surface area contributed by atoms with Crippen LogP contribution < -0.4 is 0 Å². The first kappa shape index (κ1) is 105. The van der Waals surface area contributed by atoms with Gasteiger partial charge in [-0.05, 0) is 31.6 Å². The number of carbonyl (C=O) groups excluding carboxylic acids is 4. The van der Waals surface area contributed by atoms with E-state index in [4.69, 9.17) is 37.0 Å². The molecule has 0 fully saturated rings. The van der Waals surface area contributed by atoms with Crippen molar-refractivity contribution in [3.05, 3.63) is 0 Å². The Bertz CT molecular complexity index is 2030. The van der Waals surface area contributed by atoms with Gasteiger partial charge in [0, 0.05) is 25.7 Å². The first-order chi connectivity index (χ1) is 52.0. The number of esters is 4. The largest absolute Gasteiger partial charge is 0.472 e. The van der Waals surface area contributed by atoms with Crippen LogP contribution in [0.1, 0.15) is 478 Å². The minimum atomic E-state index is -4.97. The van der Waals surface area contributed by atoms with Gasteiger partial charge in [-0.1, -0.05) is 426 Å². The third kappa shape index (κ3) is 81.9. The van der Waals surface area contributed by atoms with Crippen LogP contribution in [0.4, 0.5) is 0 Å². The molecule has 2 unspecified atom stereocenters. The summed E-state index contributed by atoms with van der Waals surface area (Å²) in [5.74, 6) is -1.35. The Morgan fingerprint density at radius 1 is 0.252 bits per heavy atom. The molecule has 0 heterocycles. The summed E-state index contributed by atoms with van der Waals surface area (Å²) in [6.07, 6.45) is 75.0. The number of hydrogen-bond donors (Lipinski definition) is 3. The molecule has 5 atom stereocenters. The number of aliphatic hydroxyl groups is 1. The molecular weight excluding hydrogens is 1390 g/mol. The van der Waals surface area contributed by atoms with E-state index in [1.165, 1.54) is 302 Å². The molecule has 0 aromatic rings. The Morgan fingerprint density at radius 3 is 0.636 bits per heavy atom. The van der Waals surface area contributed by atoms with Crippen molar-refractivity contribution in [2.24, 2.45) is 5.92 Å². The van der Waals surface area contributed by atoms with Gasteiger partial charge >= 0.3 is 39.5 Å². The normalized spacial score (nSPS) is 13.7. The predicted octanol–water partition coefficient (Wildman–Crippen LogP) is 27.2. The third-order valence-corrected chi connectivity index (χ3v) is 22.7. The molecule has 19 heteroatoms. The van der Waals surface area contributed by atoms with E-state index in [0.29, 0.717) is 25.7 Å². The summed E-state index contributed by atoms with van der Waals surface area (Å²) in [4.78, 5) is 73.3. The van der Waals surface area contributed by atoms with Gasteiger partial charge in [0.1, 0.15) is 19.3 Å². The lowest BCUT2D eigenvalue weighted by Crippen LogP contribution is -2.30. The van der Waals surface area contributed by atoms with E-state index in [2.05, 4.69) is 34.6 Å². The van der Waals surface area contributed by atoms with Crippen molar-refractivity contribution < 1.29 is 80.2 Å². The van der Waals surface area contributed by atoms with Crippen molar-refractivity contribution in [3.63, 3.8) is 0 Å². The highest BCUT2D eigenvalue weighted by molar-refractivity contribution is 7.47. The van der Waals surface area contributed by atoms with Gasteiger partial charge < -0.3 is 33.8 Å². The number of unbranched alkanes of at least 4 members (excludes halogenated alkanes) is 60. The fraction of sp³-hybridized carbons (Fsp3) is 0.955. The summed E-state index contributed by atoms with van der Waals surface area (Å²) in [5, 5.41) is 10.7. The third-order valence-electron chi connectivity index (χ3n) is 20.8. The Kier molecular flexibility index (Phi) is 79.2. The van der Waals surface area contributed by atoms with E-state index < -0.39 is 97.5 Å². The fourth-order valence-electron chi connectivity index (χ4n) is 13.8. The van der Waals surface area contributed by atoms with Crippen LogP contribution in [0.3, 0.4) is 0 Å². The summed E-state index contributed by atoms with van der Waals surface area (Å²) in [5.41, 5.74) is 0. The molecule has 0 aliphatic carbocycles. The molecule has 3 N–H and O–H groups in total. The van der Waals surface area contributed by atoms with Crippen molar-refractivity contribution in [2.45, 2.75) is 496 Å². The SMILES string of the molecule is CCCCCCCCCCCCCCCCCCCCCCC(=O)O[C@H](COC(=O)CCCCCCCCCCCCCCCCCCCCC)COP(=O)(O)OC[C@@H](O)COP(=O)(O)OC[C@@H](COC(=O)CCCCCCCCCCCC(C)C)OC(=O)CCCCCCCCCCCCCCCCCC. The van der Waals surface area contributed by atoms with Gasteiger partial charge in [0.05, 0.1) is 26.4 Å². The zero-order chi connectivity index (χ0) is 78.3. The number of carbonyl (C=O) groups is 4. The van der Waals surface area contributed by atoms with Crippen LogP contribution in [-0.2, 0) is 65.4 Å². The smallest absolute Gasteiger partial charge is 0.462 e.